The molecule has 4 rings (SSSR count). The predicted molar refractivity (Wildman–Crippen MR) is 141 cm³/mol. The zero-order valence-electron chi connectivity index (χ0n) is 20.0. The summed E-state index contributed by atoms with van der Waals surface area (Å²) < 4.78 is 30.5. The van der Waals surface area contributed by atoms with Crippen molar-refractivity contribution in [2.75, 3.05) is 6.54 Å². The number of unbranched alkanes of at least 4 members (excludes halogenated alkanes) is 1. The number of aryl methyl sites for hydroxylation is 1. The second-order valence-corrected chi connectivity index (χ2v) is 10.9. The van der Waals surface area contributed by atoms with Crippen LogP contribution in [-0.4, -0.2) is 28.8 Å². The second-order valence-electron chi connectivity index (χ2n) is 8.57. The summed E-state index contributed by atoms with van der Waals surface area (Å²) in [5.74, 6) is 0.336. The molecule has 0 aliphatic rings. The molecular formula is C27H28ClN3O3S. The van der Waals surface area contributed by atoms with E-state index in [1.54, 1.807) is 73.7 Å². The average molecular weight is 510 g/mol. The Morgan fingerprint density at radius 3 is 2.43 bits per heavy atom. The smallest absolute Gasteiger partial charge is 0.266 e. The number of hydrogen-bond acceptors (Lipinski definition) is 4. The van der Waals surface area contributed by atoms with Crippen LogP contribution in [0.5, 0.6) is 0 Å². The molecule has 182 valence electrons. The van der Waals surface area contributed by atoms with Crippen LogP contribution in [0.4, 0.5) is 0 Å². The Bertz CT molecular complexity index is 1520. The Balaban J connectivity index is 1.95. The highest BCUT2D eigenvalue weighted by molar-refractivity contribution is 7.89. The Labute approximate surface area is 210 Å². The van der Waals surface area contributed by atoms with Gasteiger partial charge in [-0.25, -0.2) is 13.4 Å². The van der Waals surface area contributed by atoms with Crippen LogP contribution in [0.1, 0.15) is 44.1 Å². The van der Waals surface area contributed by atoms with Gasteiger partial charge in [0, 0.05) is 11.6 Å². The molecule has 8 heteroatoms. The van der Waals surface area contributed by atoms with Crippen LogP contribution in [0.3, 0.4) is 0 Å². The minimum atomic E-state index is -3.86. The van der Waals surface area contributed by atoms with Crippen molar-refractivity contribution in [3.05, 3.63) is 99.6 Å². The summed E-state index contributed by atoms with van der Waals surface area (Å²) in [6, 6.07) is 20.1. The summed E-state index contributed by atoms with van der Waals surface area (Å²) in [6.45, 7) is 6.00. The Hall–Kier alpha value is -3.00. The van der Waals surface area contributed by atoms with Gasteiger partial charge in [-0.2, -0.15) is 4.31 Å². The highest BCUT2D eigenvalue weighted by Crippen LogP contribution is 2.29. The molecule has 0 N–H and O–H groups in total. The number of benzene rings is 3. The number of nitrogens with zero attached hydrogens (tertiary/aromatic N) is 3. The first-order valence-corrected chi connectivity index (χ1v) is 13.4. The molecule has 0 fully saturated rings. The molecule has 0 saturated carbocycles. The fourth-order valence-corrected chi connectivity index (χ4v) is 5.92. The lowest BCUT2D eigenvalue weighted by atomic mass is 10.2. The lowest BCUT2D eigenvalue weighted by molar-refractivity contribution is 0.322. The topological polar surface area (TPSA) is 72.3 Å². The monoisotopic (exact) mass is 509 g/mol. The molecule has 1 atom stereocenters. The first-order chi connectivity index (χ1) is 16.7. The number of hydrogen-bond donors (Lipinski definition) is 0. The van der Waals surface area contributed by atoms with Gasteiger partial charge in [0.1, 0.15) is 5.82 Å². The molecular weight excluding hydrogens is 482 g/mol. The van der Waals surface area contributed by atoms with Gasteiger partial charge < -0.3 is 0 Å². The number of rotatable bonds is 8. The van der Waals surface area contributed by atoms with Crippen molar-refractivity contribution in [3.8, 4) is 5.69 Å². The summed E-state index contributed by atoms with van der Waals surface area (Å²) in [6.07, 6.45) is 1.49. The van der Waals surface area contributed by atoms with E-state index < -0.39 is 16.1 Å². The molecule has 1 heterocycles. The summed E-state index contributed by atoms with van der Waals surface area (Å²) in [4.78, 5) is 18.7. The van der Waals surface area contributed by atoms with E-state index in [0.29, 0.717) is 40.4 Å². The summed E-state index contributed by atoms with van der Waals surface area (Å²) in [7, 11) is -3.86. The van der Waals surface area contributed by atoms with E-state index in [2.05, 4.69) is 0 Å². The molecule has 0 amide bonds. The van der Waals surface area contributed by atoms with Crippen LogP contribution >= 0.6 is 11.6 Å². The van der Waals surface area contributed by atoms with E-state index in [0.717, 1.165) is 12.0 Å². The van der Waals surface area contributed by atoms with E-state index in [1.807, 2.05) is 19.9 Å². The van der Waals surface area contributed by atoms with Gasteiger partial charge in [-0.1, -0.05) is 60.8 Å². The molecule has 1 aromatic heterocycles. The van der Waals surface area contributed by atoms with E-state index in [4.69, 9.17) is 16.6 Å². The molecule has 0 bridgehead atoms. The third-order valence-electron chi connectivity index (χ3n) is 6.03. The molecule has 35 heavy (non-hydrogen) atoms. The Morgan fingerprint density at radius 2 is 1.74 bits per heavy atom. The zero-order chi connectivity index (χ0) is 25.2. The summed E-state index contributed by atoms with van der Waals surface area (Å²) in [5.41, 5.74) is 1.75. The molecule has 0 aliphatic heterocycles. The van der Waals surface area contributed by atoms with Gasteiger partial charge in [0.05, 0.1) is 27.5 Å². The van der Waals surface area contributed by atoms with Crippen molar-refractivity contribution in [2.24, 2.45) is 0 Å². The standard InChI is InChI=1S/C27H28ClN3O3S/c1-4-5-17-30(35(33,34)23-15-13-19(2)14-16-23)20(3)26-29-25-12-7-6-11-24(25)27(32)31(26)22-10-8-9-21(28)18-22/h6-16,18,20H,4-5,17H2,1-3H3. The maximum absolute atomic E-state index is 13.8. The van der Waals surface area contributed by atoms with Crippen molar-refractivity contribution in [3.63, 3.8) is 0 Å². The molecule has 0 aliphatic carbocycles. The number of para-hydroxylation sites is 1. The molecule has 6 nitrogen and oxygen atoms in total. The minimum Gasteiger partial charge on any atom is -0.268 e. The fraction of sp³-hybridized carbons (Fsp3) is 0.259. The van der Waals surface area contributed by atoms with E-state index in [9.17, 15) is 13.2 Å². The lowest BCUT2D eigenvalue weighted by Crippen LogP contribution is -2.38. The molecule has 3 aromatic carbocycles. The predicted octanol–water partition coefficient (Wildman–Crippen LogP) is 5.90. The van der Waals surface area contributed by atoms with Crippen LogP contribution in [-0.2, 0) is 10.0 Å². The van der Waals surface area contributed by atoms with Gasteiger partial charge in [-0.3, -0.25) is 9.36 Å². The van der Waals surface area contributed by atoms with E-state index in [-0.39, 0.29) is 10.5 Å². The third-order valence-corrected chi connectivity index (χ3v) is 8.25. The molecule has 4 aromatic rings. The molecule has 0 radical (unpaired) electrons. The van der Waals surface area contributed by atoms with Crippen molar-refractivity contribution >= 4 is 32.5 Å². The van der Waals surface area contributed by atoms with Crippen molar-refractivity contribution < 1.29 is 8.42 Å². The Morgan fingerprint density at radius 1 is 1.03 bits per heavy atom. The molecule has 1 unspecified atom stereocenters. The first-order valence-electron chi connectivity index (χ1n) is 11.6. The van der Waals surface area contributed by atoms with Crippen LogP contribution < -0.4 is 5.56 Å². The van der Waals surface area contributed by atoms with Gasteiger partial charge in [0.25, 0.3) is 5.56 Å². The van der Waals surface area contributed by atoms with Gasteiger partial charge in [0.15, 0.2) is 0 Å². The fourth-order valence-electron chi connectivity index (χ4n) is 4.11. The first kappa shape index (κ1) is 25.1. The van der Waals surface area contributed by atoms with Gasteiger partial charge >= 0.3 is 0 Å². The maximum Gasteiger partial charge on any atom is 0.266 e. The number of sulfonamides is 1. The number of fused-ring (bicyclic) bond motifs is 1. The summed E-state index contributed by atoms with van der Waals surface area (Å²) >= 11 is 6.25. The average Bonchev–Trinajstić information content (AvgIpc) is 2.84. The van der Waals surface area contributed by atoms with Crippen LogP contribution in [0.25, 0.3) is 16.6 Å². The highest BCUT2D eigenvalue weighted by atomic mass is 35.5. The third kappa shape index (κ3) is 5.03. The molecule has 0 saturated heterocycles. The SMILES string of the molecule is CCCCN(C(C)c1nc2ccccc2c(=O)n1-c1cccc(Cl)c1)S(=O)(=O)c1ccc(C)cc1. The quantitative estimate of drug-likeness (QED) is 0.296. The lowest BCUT2D eigenvalue weighted by Gasteiger charge is -2.30. The summed E-state index contributed by atoms with van der Waals surface area (Å²) in [5, 5.41) is 0.918. The number of aromatic nitrogens is 2. The zero-order valence-corrected chi connectivity index (χ0v) is 21.6. The highest BCUT2D eigenvalue weighted by Gasteiger charge is 2.32. The minimum absolute atomic E-state index is 0.212. The molecule has 0 spiro atoms. The maximum atomic E-state index is 13.8. The van der Waals surface area contributed by atoms with Gasteiger partial charge in [-0.05, 0) is 62.7 Å². The van der Waals surface area contributed by atoms with Crippen LogP contribution in [0.15, 0.2) is 82.5 Å². The van der Waals surface area contributed by atoms with Crippen LogP contribution in [0, 0.1) is 6.92 Å². The van der Waals surface area contributed by atoms with Crippen LogP contribution in [0.2, 0.25) is 5.02 Å². The van der Waals surface area contributed by atoms with E-state index in [1.165, 1.54) is 8.87 Å². The van der Waals surface area contributed by atoms with Crippen molar-refractivity contribution in [1.82, 2.24) is 13.9 Å². The van der Waals surface area contributed by atoms with Crippen molar-refractivity contribution in [2.45, 2.75) is 44.6 Å². The Kier molecular flexibility index (Phi) is 7.40. The van der Waals surface area contributed by atoms with Crippen molar-refractivity contribution in [1.29, 1.82) is 0 Å². The largest absolute Gasteiger partial charge is 0.268 e. The second kappa shape index (κ2) is 10.3. The normalized spacial score (nSPS) is 12.8. The number of halogens is 1. The van der Waals surface area contributed by atoms with Gasteiger partial charge in [0.2, 0.25) is 10.0 Å². The van der Waals surface area contributed by atoms with Gasteiger partial charge in [-0.15, -0.1) is 0 Å². The van der Waals surface area contributed by atoms with E-state index >= 15 is 0 Å².